The molecule has 9 heteroatoms. The van der Waals surface area contributed by atoms with E-state index in [2.05, 4.69) is 20.8 Å². The first-order chi connectivity index (χ1) is 10.5. The minimum atomic E-state index is -2.75. The Kier molecular flexibility index (Phi) is 5.91. The fourth-order valence-electron chi connectivity index (χ4n) is 3.04. The maximum atomic E-state index is 13.1. The van der Waals surface area contributed by atoms with Crippen molar-refractivity contribution in [2.24, 2.45) is 0 Å². The zero-order valence-corrected chi connectivity index (χ0v) is 13.5. The molecule has 1 aliphatic carbocycles. The molecule has 1 aromatic heterocycles. The van der Waals surface area contributed by atoms with E-state index in [1.807, 2.05) is 0 Å². The fourth-order valence-corrected chi connectivity index (χ4v) is 3.04. The number of halogens is 3. The Morgan fingerprint density at radius 1 is 1.35 bits per heavy atom. The molecule has 0 bridgehead atoms. The molecule has 2 heterocycles. The van der Waals surface area contributed by atoms with E-state index in [-0.39, 0.29) is 48.9 Å². The van der Waals surface area contributed by atoms with Crippen LogP contribution in [0.5, 0.6) is 0 Å². The Morgan fingerprint density at radius 3 is 2.74 bits per heavy atom. The molecule has 1 aromatic rings. The smallest absolute Gasteiger partial charge is 0.262 e. The molecule has 0 aromatic carbocycles. The van der Waals surface area contributed by atoms with Crippen molar-refractivity contribution in [2.75, 3.05) is 6.54 Å². The summed E-state index contributed by atoms with van der Waals surface area (Å²) in [5.74, 6) is -2.54. The highest BCUT2D eigenvalue weighted by molar-refractivity contribution is 5.85. The molecule has 1 unspecified atom stereocenters. The van der Waals surface area contributed by atoms with Crippen LogP contribution in [0, 0.1) is 0 Å². The van der Waals surface area contributed by atoms with E-state index in [0.717, 1.165) is 25.7 Å². The lowest BCUT2D eigenvalue weighted by Gasteiger charge is -2.22. The van der Waals surface area contributed by atoms with Crippen molar-refractivity contribution in [2.45, 2.75) is 63.0 Å². The average molecular weight is 351 g/mol. The first-order valence-electron chi connectivity index (χ1n) is 7.75. The van der Waals surface area contributed by atoms with Crippen LogP contribution in [0.2, 0.25) is 0 Å². The Balaban J connectivity index is 0.00000192. The zero-order valence-electron chi connectivity index (χ0n) is 12.7. The number of nitrogens with zero attached hydrogens (tertiary/aromatic N) is 2. The molecule has 6 nitrogen and oxygen atoms in total. The maximum Gasteiger partial charge on any atom is 0.262 e. The van der Waals surface area contributed by atoms with Gasteiger partial charge >= 0.3 is 0 Å². The van der Waals surface area contributed by atoms with E-state index in [4.69, 9.17) is 4.52 Å². The summed E-state index contributed by atoms with van der Waals surface area (Å²) in [5.41, 5.74) is 0. The number of rotatable bonds is 4. The lowest BCUT2D eigenvalue weighted by molar-refractivity contribution is -0.121. The Morgan fingerprint density at radius 2 is 2.09 bits per heavy atom. The van der Waals surface area contributed by atoms with Crippen molar-refractivity contribution in [3.8, 4) is 0 Å². The summed E-state index contributed by atoms with van der Waals surface area (Å²) in [6.07, 6.45) is 5.16. The van der Waals surface area contributed by atoms with Crippen molar-refractivity contribution < 1.29 is 18.1 Å². The predicted octanol–water partition coefficient (Wildman–Crippen LogP) is 2.15. The van der Waals surface area contributed by atoms with E-state index < -0.39 is 18.5 Å². The molecule has 3 rings (SSSR count). The van der Waals surface area contributed by atoms with E-state index in [0.29, 0.717) is 0 Å². The molecular weight excluding hydrogens is 330 g/mol. The first kappa shape index (κ1) is 18.1. The second-order valence-electron chi connectivity index (χ2n) is 6.12. The van der Waals surface area contributed by atoms with Gasteiger partial charge in [-0.3, -0.25) is 10.1 Å². The van der Waals surface area contributed by atoms with E-state index in [1.54, 1.807) is 0 Å². The van der Waals surface area contributed by atoms with Gasteiger partial charge in [-0.05, 0) is 12.8 Å². The summed E-state index contributed by atoms with van der Waals surface area (Å²) >= 11 is 0. The van der Waals surface area contributed by atoms with Gasteiger partial charge in [0.1, 0.15) is 0 Å². The van der Waals surface area contributed by atoms with Crippen molar-refractivity contribution in [3.05, 3.63) is 11.7 Å². The van der Waals surface area contributed by atoms with Crippen molar-refractivity contribution >= 4 is 18.3 Å². The largest absolute Gasteiger partial charge is 0.353 e. The molecule has 2 aliphatic rings. The van der Waals surface area contributed by atoms with Gasteiger partial charge in [0.05, 0.1) is 19.0 Å². The number of hydrogen-bond acceptors (Lipinski definition) is 5. The molecule has 130 valence electrons. The van der Waals surface area contributed by atoms with Crippen LogP contribution in [0.15, 0.2) is 4.52 Å². The van der Waals surface area contributed by atoms with Crippen molar-refractivity contribution in [1.82, 2.24) is 20.8 Å². The van der Waals surface area contributed by atoms with Crippen LogP contribution in [0.4, 0.5) is 8.78 Å². The molecule has 1 saturated carbocycles. The van der Waals surface area contributed by atoms with Crippen LogP contribution in [-0.2, 0) is 11.2 Å². The molecule has 0 spiro atoms. The van der Waals surface area contributed by atoms with Crippen LogP contribution in [-0.4, -0.2) is 34.6 Å². The Hall–Kier alpha value is -1.28. The van der Waals surface area contributed by atoms with Gasteiger partial charge in [-0.2, -0.15) is 4.98 Å². The Labute approximate surface area is 139 Å². The summed E-state index contributed by atoms with van der Waals surface area (Å²) in [7, 11) is 0. The van der Waals surface area contributed by atoms with Crippen LogP contribution >= 0.6 is 12.4 Å². The molecule has 1 saturated heterocycles. The Bertz CT molecular complexity index is 535. The van der Waals surface area contributed by atoms with Crippen LogP contribution in [0.3, 0.4) is 0 Å². The summed E-state index contributed by atoms with van der Waals surface area (Å²) in [5, 5.41) is 9.32. The summed E-state index contributed by atoms with van der Waals surface area (Å²) in [4.78, 5) is 16.0. The third-order valence-corrected chi connectivity index (χ3v) is 4.18. The number of carbonyl (C=O) groups is 1. The van der Waals surface area contributed by atoms with Crippen LogP contribution in [0.25, 0.3) is 0 Å². The molecule has 2 N–H and O–H groups in total. The van der Waals surface area contributed by atoms with Gasteiger partial charge in [0.15, 0.2) is 5.82 Å². The third kappa shape index (κ3) is 4.84. The fraction of sp³-hybridized carbons (Fsp3) is 0.786. The minimum absolute atomic E-state index is 0. The van der Waals surface area contributed by atoms with Crippen molar-refractivity contribution in [3.63, 3.8) is 0 Å². The van der Waals surface area contributed by atoms with Crippen LogP contribution < -0.4 is 10.6 Å². The lowest BCUT2D eigenvalue weighted by Crippen LogP contribution is -2.37. The first-order valence-corrected chi connectivity index (χ1v) is 7.75. The second-order valence-corrected chi connectivity index (χ2v) is 6.12. The highest BCUT2D eigenvalue weighted by Gasteiger charge is 2.42. The number of hydrogen-bond donors (Lipinski definition) is 2. The standard InChI is InChI=1S/C14H20F2N4O2.ClH/c15-14(16)7-10(17-8-14)13-19-11(20-22-13)6-12(21)18-9-4-2-1-3-5-9;/h9-10,17H,1-8H2,(H,18,21);1H. The maximum absolute atomic E-state index is 13.1. The highest BCUT2D eigenvalue weighted by atomic mass is 35.5. The molecule has 0 radical (unpaired) electrons. The van der Waals surface area contributed by atoms with Crippen molar-refractivity contribution in [1.29, 1.82) is 0 Å². The van der Waals surface area contributed by atoms with Gasteiger partial charge in [0, 0.05) is 12.5 Å². The second kappa shape index (κ2) is 7.53. The summed E-state index contributed by atoms with van der Waals surface area (Å²) in [6.45, 7) is -0.391. The summed E-state index contributed by atoms with van der Waals surface area (Å²) in [6, 6.07) is -0.416. The normalized spacial score (nSPS) is 24.2. The molecule has 1 atom stereocenters. The van der Waals surface area contributed by atoms with E-state index in [1.165, 1.54) is 6.42 Å². The number of amides is 1. The van der Waals surface area contributed by atoms with E-state index in [9.17, 15) is 13.6 Å². The van der Waals surface area contributed by atoms with Crippen LogP contribution in [0.1, 0.15) is 56.3 Å². The van der Waals surface area contributed by atoms with Gasteiger partial charge in [0.25, 0.3) is 5.92 Å². The molecule has 23 heavy (non-hydrogen) atoms. The number of nitrogens with one attached hydrogen (secondary N) is 2. The monoisotopic (exact) mass is 350 g/mol. The highest BCUT2D eigenvalue weighted by Crippen LogP contribution is 2.33. The molecule has 2 fully saturated rings. The van der Waals surface area contributed by atoms with Gasteiger partial charge in [0.2, 0.25) is 11.8 Å². The quantitative estimate of drug-likeness (QED) is 0.869. The number of carbonyl (C=O) groups excluding carboxylic acids is 1. The van der Waals surface area contributed by atoms with Gasteiger partial charge in [-0.15, -0.1) is 12.4 Å². The minimum Gasteiger partial charge on any atom is -0.353 e. The molecular formula is C14H21ClF2N4O2. The number of alkyl halides is 2. The SMILES string of the molecule is Cl.O=C(Cc1noc(C2CC(F)(F)CN2)n1)NC1CCCCC1. The van der Waals surface area contributed by atoms with Gasteiger partial charge < -0.3 is 9.84 Å². The molecule has 1 aliphatic heterocycles. The topological polar surface area (TPSA) is 80.1 Å². The van der Waals surface area contributed by atoms with E-state index >= 15 is 0 Å². The third-order valence-electron chi connectivity index (χ3n) is 4.18. The molecule has 1 amide bonds. The van der Waals surface area contributed by atoms with Gasteiger partial charge in [-0.25, -0.2) is 8.78 Å². The number of aromatic nitrogens is 2. The lowest BCUT2D eigenvalue weighted by atomic mass is 9.95. The summed E-state index contributed by atoms with van der Waals surface area (Å²) < 4.78 is 31.3. The predicted molar refractivity (Wildman–Crippen MR) is 80.6 cm³/mol. The van der Waals surface area contributed by atoms with Gasteiger partial charge in [-0.1, -0.05) is 24.4 Å². The average Bonchev–Trinajstić information content (AvgIpc) is 3.06. The zero-order chi connectivity index (χ0) is 15.6.